The van der Waals surface area contributed by atoms with Gasteiger partial charge < -0.3 is 5.11 Å². The van der Waals surface area contributed by atoms with Crippen LogP contribution in [0, 0.1) is 0 Å². The second-order valence-corrected chi connectivity index (χ2v) is 3.95. The van der Waals surface area contributed by atoms with Crippen molar-refractivity contribution in [2.24, 2.45) is 0 Å². The summed E-state index contributed by atoms with van der Waals surface area (Å²) in [6.07, 6.45) is 6.27. The third kappa shape index (κ3) is 1.23. The van der Waals surface area contributed by atoms with E-state index in [1.165, 1.54) is 10.9 Å². The van der Waals surface area contributed by atoms with E-state index in [2.05, 4.69) is 18.2 Å². The van der Waals surface area contributed by atoms with Crippen LogP contribution in [0.4, 0.5) is 0 Å². The Hall–Kier alpha value is -1.76. The molecule has 1 heteroatoms. The lowest BCUT2D eigenvalue weighted by Gasteiger charge is -2.15. The molecule has 1 N–H and O–H groups in total. The van der Waals surface area contributed by atoms with Crippen molar-refractivity contribution in [1.29, 1.82) is 0 Å². The summed E-state index contributed by atoms with van der Waals surface area (Å²) >= 11 is 0. The number of phenolic OH excluding ortho intramolecular Hbond substituents is 1. The van der Waals surface area contributed by atoms with Crippen molar-refractivity contribution < 1.29 is 5.11 Å². The first-order valence-corrected chi connectivity index (χ1v) is 5.26. The van der Waals surface area contributed by atoms with Crippen molar-refractivity contribution in [3.63, 3.8) is 0 Å². The number of allylic oxidation sites excluding steroid dienone is 1. The first kappa shape index (κ1) is 8.54. The summed E-state index contributed by atoms with van der Waals surface area (Å²) in [7, 11) is 0. The van der Waals surface area contributed by atoms with Crippen LogP contribution in [-0.4, -0.2) is 5.11 Å². The molecule has 1 aliphatic carbocycles. The smallest absolute Gasteiger partial charge is 0.120 e. The van der Waals surface area contributed by atoms with Crippen LogP contribution in [0.15, 0.2) is 36.4 Å². The van der Waals surface area contributed by atoms with Gasteiger partial charge in [-0.1, -0.05) is 36.4 Å². The van der Waals surface area contributed by atoms with Gasteiger partial charge in [0.1, 0.15) is 5.75 Å². The third-order valence-corrected chi connectivity index (χ3v) is 3.02. The van der Waals surface area contributed by atoms with E-state index in [-0.39, 0.29) is 0 Å². The molecule has 74 valence electrons. The van der Waals surface area contributed by atoms with Crippen molar-refractivity contribution in [3.8, 4) is 5.75 Å². The predicted octanol–water partition coefficient (Wildman–Crippen LogP) is 3.50. The van der Waals surface area contributed by atoms with Gasteiger partial charge in [0, 0.05) is 5.56 Å². The summed E-state index contributed by atoms with van der Waals surface area (Å²) in [6, 6.07) is 10.1. The highest BCUT2D eigenvalue weighted by Crippen LogP contribution is 2.34. The fourth-order valence-corrected chi connectivity index (χ4v) is 2.29. The lowest BCUT2D eigenvalue weighted by atomic mass is 9.91. The van der Waals surface area contributed by atoms with Crippen LogP contribution in [0.3, 0.4) is 0 Å². The lowest BCUT2D eigenvalue weighted by molar-refractivity contribution is 0.468. The van der Waals surface area contributed by atoms with Gasteiger partial charge in [-0.15, -0.1) is 0 Å². The van der Waals surface area contributed by atoms with Crippen molar-refractivity contribution >= 4 is 16.8 Å². The number of phenols is 1. The van der Waals surface area contributed by atoms with E-state index in [0.717, 1.165) is 23.8 Å². The van der Waals surface area contributed by atoms with Crippen LogP contribution in [0.2, 0.25) is 0 Å². The summed E-state index contributed by atoms with van der Waals surface area (Å²) in [5.41, 5.74) is 2.29. The van der Waals surface area contributed by atoms with Crippen LogP contribution >= 0.6 is 0 Å². The van der Waals surface area contributed by atoms with Crippen molar-refractivity contribution in [2.45, 2.75) is 12.8 Å². The molecule has 0 radical (unpaired) electrons. The van der Waals surface area contributed by atoms with Gasteiger partial charge in [-0.2, -0.15) is 0 Å². The van der Waals surface area contributed by atoms with E-state index in [1.807, 2.05) is 24.3 Å². The maximum atomic E-state index is 9.92. The zero-order valence-electron chi connectivity index (χ0n) is 8.40. The summed E-state index contributed by atoms with van der Waals surface area (Å²) in [4.78, 5) is 0. The topological polar surface area (TPSA) is 20.2 Å². The SMILES string of the molecule is Oc1cc2ccccc2c2c1CCC=C2. The number of hydrogen-bond donors (Lipinski definition) is 1. The van der Waals surface area contributed by atoms with Crippen LogP contribution in [0.25, 0.3) is 16.8 Å². The van der Waals surface area contributed by atoms with Crippen LogP contribution in [-0.2, 0) is 6.42 Å². The molecule has 15 heavy (non-hydrogen) atoms. The predicted molar refractivity (Wildman–Crippen MR) is 63.0 cm³/mol. The molecule has 0 saturated heterocycles. The second kappa shape index (κ2) is 3.13. The minimum Gasteiger partial charge on any atom is -0.508 e. The number of rotatable bonds is 0. The second-order valence-electron chi connectivity index (χ2n) is 3.95. The van der Waals surface area contributed by atoms with Gasteiger partial charge in [-0.25, -0.2) is 0 Å². The molecule has 0 aromatic heterocycles. The fourth-order valence-electron chi connectivity index (χ4n) is 2.29. The molecule has 0 bridgehead atoms. The summed E-state index contributed by atoms with van der Waals surface area (Å²) in [5.74, 6) is 0.438. The van der Waals surface area contributed by atoms with Crippen molar-refractivity contribution in [3.05, 3.63) is 47.5 Å². The van der Waals surface area contributed by atoms with Gasteiger partial charge in [0.05, 0.1) is 0 Å². The first-order chi connectivity index (χ1) is 7.36. The Morgan fingerprint density at radius 3 is 2.93 bits per heavy atom. The van der Waals surface area contributed by atoms with Gasteiger partial charge in [0.25, 0.3) is 0 Å². The molecule has 0 unspecified atom stereocenters. The van der Waals surface area contributed by atoms with Crippen LogP contribution in [0.1, 0.15) is 17.5 Å². The van der Waals surface area contributed by atoms with E-state index >= 15 is 0 Å². The highest BCUT2D eigenvalue weighted by molar-refractivity contribution is 5.94. The Bertz CT molecular complexity index is 553. The molecule has 0 aliphatic heterocycles. The molecule has 0 amide bonds. The van der Waals surface area contributed by atoms with Gasteiger partial charge >= 0.3 is 0 Å². The average Bonchev–Trinajstić information content (AvgIpc) is 2.30. The van der Waals surface area contributed by atoms with Crippen LogP contribution < -0.4 is 0 Å². The standard InChI is InChI=1S/C14H12O/c15-14-9-10-5-1-2-6-11(10)12-7-3-4-8-13(12)14/h1-3,5-7,9,15H,4,8H2. The van der Waals surface area contributed by atoms with E-state index in [9.17, 15) is 5.11 Å². The maximum absolute atomic E-state index is 9.92. The van der Waals surface area contributed by atoms with E-state index < -0.39 is 0 Å². The number of hydrogen-bond acceptors (Lipinski definition) is 1. The molecule has 0 heterocycles. The van der Waals surface area contributed by atoms with Gasteiger partial charge in [-0.05, 0) is 35.2 Å². The fraction of sp³-hybridized carbons (Fsp3) is 0.143. The molecule has 0 fully saturated rings. The monoisotopic (exact) mass is 196 g/mol. The summed E-state index contributed by atoms with van der Waals surface area (Å²) in [5, 5.41) is 12.3. The highest BCUT2D eigenvalue weighted by Gasteiger charge is 2.12. The molecule has 2 aromatic rings. The minimum atomic E-state index is 0.438. The number of benzene rings is 2. The Labute approximate surface area is 88.7 Å². The molecule has 1 aliphatic rings. The summed E-state index contributed by atoms with van der Waals surface area (Å²) in [6.45, 7) is 0. The van der Waals surface area contributed by atoms with Crippen LogP contribution in [0.5, 0.6) is 5.75 Å². The molecular weight excluding hydrogens is 184 g/mol. The number of aromatic hydroxyl groups is 1. The first-order valence-electron chi connectivity index (χ1n) is 5.26. The molecule has 3 rings (SSSR count). The summed E-state index contributed by atoms with van der Waals surface area (Å²) < 4.78 is 0. The zero-order chi connectivity index (χ0) is 10.3. The average molecular weight is 196 g/mol. The van der Waals surface area contributed by atoms with E-state index in [0.29, 0.717) is 5.75 Å². The molecular formula is C14H12O. The van der Waals surface area contributed by atoms with E-state index in [1.54, 1.807) is 0 Å². The highest BCUT2D eigenvalue weighted by atomic mass is 16.3. The Kier molecular flexibility index (Phi) is 1.78. The quantitative estimate of drug-likeness (QED) is 0.683. The van der Waals surface area contributed by atoms with Gasteiger partial charge in [0.2, 0.25) is 0 Å². The molecule has 0 saturated carbocycles. The van der Waals surface area contributed by atoms with E-state index in [4.69, 9.17) is 0 Å². The Morgan fingerprint density at radius 1 is 1.13 bits per heavy atom. The molecule has 1 nitrogen and oxygen atoms in total. The van der Waals surface area contributed by atoms with Gasteiger partial charge in [-0.3, -0.25) is 0 Å². The molecule has 0 atom stereocenters. The Balaban J connectivity index is 2.46. The van der Waals surface area contributed by atoms with Crippen molar-refractivity contribution in [1.82, 2.24) is 0 Å². The largest absolute Gasteiger partial charge is 0.508 e. The maximum Gasteiger partial charge on any atom is 0.120 e. The molecule has 0 spiro atoms. The lowest BCUT2D eigenvalue weighted by Crippen LogP contribution is -1.95. The third-order valence-electron chi connectivity index (χ3n) is 3.02. The zero-order valence-corrected chi connectivity index (χ0v) is 8.40. The number of fused-ring (bicyclic) bond motifs is 3. The van der Waals surface area contributed by atoms with Crippen molar-refractivity contribution in [2.75, 3.05) is 0 Å². The minimum absolute atomic E-state index is 0.438. The Morgan fingerprint density at radius 2 is 2.00 bits per heavy atom. The molecule has 2 aromatic carbocycles. The normalized spacial score (nSPS) is 14.1. The van der Waals surface area contributed by atoms with Gasteiger partial charge in [0.15, 0.2) is 0 Å².